The molecule has 1 saturated heterocycles. The van der Waals surface area contributed by atoms with Gasteiger partial charge in [-0.25, -0.2) is 0 Å². The molecule has 1 amide bonds. The maximum atomic E-state index is 11.7. The first-order valence-corrected chi connectivity index (χ1v) is 6.47. The summed E-state index contributed by atoms with van der Waals surface area (Å²) >= 11 is 1.51. The molecular formula is C11H16N4OS. The molecule has 1 aromatic rings. The van der Waals surface area contributed by atoms with E-state index in [0.717, 1.165) is 29.8 Å². The van der Waals surface area contributed by atoms with Gasteiger partial charge in [-0.15, -0.1) is 11.3 Å². The molecule has 1 aliphatic rings. The third-order valence-corrected chi connectivity index (χ3v) is 3.72. The number of nitrogens with one attached hydrogen (secondary N) is 3. The van der Waals surface area contributed by atoms with E-state index in [9.17, 15) is 4.79 Å². The fourth-order valence-corrected chi connectivity index (χ4v) is 2.64. The van der Waals surface area contributed by atoms with Crippen molar-refractivity contribution in [2.75, 3.05) is 6.54 Å². The topological polar surface area (TPSA) is 91.0 Å². The number of carbonyl (C=O) groups excluding carboxylic acids is 1. The number of rotatable bonds is 4. The molecular weight excluding hydrogens is 236 g/mol. The lowest BCUT2D eigenvalue weighted by Crippen LogP contribution is -2.39. The molecule has 1 fully saturated rings. The summed E-state index contributed by atoms with van der Waals surface area (Å²) in [4.78, 5) is 12.7. The Morgan fingerprint density at radius 1 is 1.71 bits per heavy atom. The fourth-order valence-electron chi connectivity index (χ4n) is 1.82. The highest BCUT2D eigenvalue weighted by Gasteiger charge is 2.21. The molecule has 6 heteroatoms. The molecule has 2 heterocycles. The molecule has 2 rings (SSSR count). The monoisotopic (exact) mass is 252 g/mol. The van der Waals surface area contributed by atoms with Gasteiger partial charge in [0.15, 0.2) is 0 Å². The van der Waals surface area contributed by atoms with E-state index in [1.165, 1.54) is 11.3 Å². The maximum absolute atomic E-state index is 11.7. The van der Waals surface area contributed by atoms with Crippen molar-refractivity contribution in [2.24, 2.45) is 5.73 Å². The van der Waals surface area contributed by atoms with Gasteiger partial charge >= 0.3 is 0 Å². The zero-order valence-electron chi connectivity index (χ0n) is 9.45. The van der Waals surface area contributed by atoms with Crippen molar-refractivity contribution in [1.29, 1.82) is 5.41 Å². The molecule has 17 heavy (non-hydrogen) atoms. The minimum absolute atomic E-state index is 0.0396. The Labute approximate surface area is 104 Å². The third-order valence-electron chi connectivity index (χ3n) is 2.78. The summed E-state index contributed by atoms with van der Waals surface area (Å²) in [7, 11) is 0. The molecule has 1 aromatic heterocycles. The number of amidine groups is 1. The van der Waals surface area contributed by atoms with E-state index in [-0.39, 0.29) is 17.8 Å². The van der Waals surface area contributed by atoms with Crippen molar-refractivity contribution in [2.45, 2.75) is 25.4 Å². The highest BCUT2D eigenvalue weighted by Crippen LogP contribution is 2.14. The molecule has 0 spiro atoms. The van der Waals surface area contributed by atoms with Crippen molar-refractivity contribution in [3.8, 4) is 0 Å². The van der Waals surface area contributed by atoms with Crippen LogP contribution in [0.5, 0.6) is 0 Å². The average molecular weight is 252 g/mol. The van der Waals surface area contributed by atoms with E-state index in [2.05, 4.69) is 10.6 Å². The molecule has 92 valence electrons. The zero-order chi connectivity index (χ0) is 12.3. The molecule has 0 saturated carbocycles. The molecule has 1 unspecified atom stereocenters. The first-order chi connectivity index (χ1) is 8.16. The van der Waals surface area contributed by atoms with Crippen LogP contribution in [-0.4, -0.2) is 24.3 Å². The number of hydrogen-bond donors (Lipinski definition) is 4. The number of thiophene rings is 1. The van der Waals surface area contributed by atoms with Crippen LogP contribution in [0.2, 0.25) is 0 Å². The van der Waals surface area contributed by atoms with Crippen LogP contribution in [0.3, 0.4) is 0 Å². The van der Waals surface area contributed by atoms with E-state index >= 15 is 0 Å². The molecule has 5 nitrogen and oxygen atoms in total. The summed E-state index contributed by atoms with van der Waals surface area (Å²) in [6.07, 6.45) is 1.97. The van der Waals surface area contributed by atoms with Crippen molar-refractivity contribution in [3.63, 3.8) is 0 Å². The highest BCUT2D eigenvalue weighted by molar-refractivity contribution is 7.10. The molecule has 0 aliphatic carbocycles. The second-order valence-electron chi connectivity index (χ2n) is 4.08. The Bertz CT molecular complexity index is 423. The van der Waals surface area contributed by atoms with Gasteiger partial charge in [-0.2, -0.15) is 0 Å². The van der Waals surface area contributed by atoms with Crippen LogP contribution in [0.4, 0.5) is 0 Å². The summed E-state index contributed by atoms with van der Waals surface area (Å²) in [6.45, 7) is 1.43. The molecule has 1 atom stereocenters. The molecule has 1 aliphatic heterocycles. The van der Waals surface area contributed by atoms with E-state index in [1.54, 1.807) is 0 Å². The van der Waals surface area contributed by atoms with E-state index < -0.39 is 0 Å². The SMILES string of the molecule is N=C(N)c1csc(CNC(=O)C2CCCN2)c1. The van der Waals surface area contributed by atoms with Crippen LogP contribution in [0.15, 0.2) is 11.4 Å². The van der Waals surface area contributed by atoms with Crippen molar-refractivity contribution in [3.05, 3.63) is 21.9 Å². The minimum atomic E-state index is -0.0396. The van der Waals surface area contributed by atoms with Crippen LogP contribution in [0, 0.1) is 5.41 Å². The van der Waals surface area contributed by atoms with Gasteiger partial charge in [0, 0.05) is 15.8 Å². The van der Waals surface area contributed by atoms with Crippen molar-refractivity contribution in [1.82, 2.24) is 10.6 Å². The average Bonchev–Trinajstić information content (AvgIpc) is 2.97. The van der Waals surface area contributed by atoms with Gasteiger partial charge in [-0.05, 0) is 25.5 Å². The fraction of sp³-hybridized carbons (Fsp3) is 0.455. The van der Waals surface area contributed by atoms with Crippen LogP contribution in [0.1, 0.15) is 23.3 Å². The van der Waals surface area contributed by atoms with Crippen molar-refractivity contribution < 1.29 is 4.79 Å². The Morgan fingerprint density at radius 2 is 2.53 bits per heavy atom. The Morgan fingerprint density at radius 3 is 3.12 bits per heavy atom. The summed E-state index contributed by atoms with van der Waals surface area (Å²) < 4.78 is 0. The first kappa shape index (κ1) is 12.1. The standard InChI is InChI=1S/C11H16N4OS/c12-10(13)7-4-8(17-6-7)5-15-11(16)9-2-1-3-14-9/h4,6,9,14H,1-3,5H2,(H3,12,13)(H,15,16). The van der Waals surface area contributed by atoms with Gasteiger partial charge in [-0.3, -0.25) is 10.2 Å². The normalized spacial score (nSPS) is 19.2. The lowest BCUT2D eigenvalue weighted by molar-refractivity contribution is -0.122. The van der Waals surface area contributed by atoms with Gasteiger partial charge in [0.1, 0.15) is 5.84 Å². The number of amides is 1. The molecule has 0 radical (unpaired) electrons. The Balaban J connectivity index is 1.84. The van der Waals surface area contributed by atoms with Gasteiger partial charge < -0.3 is 16.4 Å². The third kappa shape index (κ3) is 3.04. The smallest absolute Gasteiger partial charge is 0.237 e. The Kier molecular flexibility index (Phi) is 3.75. The summed E-state index contributed by atoms with van der Waals surface area (Å²) in [5, 5.41) is 15.2. The van der Waals surface area contributed by atoms with Crippen LogP contribution >= 0.6 is 11.3 Å². The molecule has 5 N–H and O–H groups in total. The molecule has 0 bridgehead atoms. The number of nitrogen functional groups attached to an aromatic ring is 1. The predicted molar refractivity (Wildman–Crippen MR) is 68.2 cm³/mol. The Hall–Kier alpha value is -1.40. The highest BCUT2D eigenvalue weighted by atomic mass is 32.1. The summed E-state index contributed by atoms with van der Waals surface area (Å²) in [5.74, 6) is 0.122. The summed E-state index contributed by atoms with van der Waals surface area (Å²) in [6, 6.07) is 1.80. The quantitative estimate of drug-likeness (QED) is 0.462. The first-order valence-electron chi connectivity index (χ1n) is 5.59. The lowest BCUT2D eigenvalue weighted by atomic mass is 10.2. The molecule has 0 aromatic carbocycles. The number of carbonyl (C=O) groups is 1. The minimum Gasteiger partial charge on any atom is -0.384 e. The lowest BCUT2D eigenvalue weighted by Gasteiger charge is -2.09. The van der Waals surface area contributed by atoms with Crippen LogP contribution in [0.25, 0.3) is 0 Å². The second kappa shape index (κ2) is 5.29. The number of hydrogen-bond acceptors (Lipinski definition) is 4. The van der Waals surface area contributed by atoms with E-state index in [1.807, 2.05) is 11.4 Å². The van der Waals surface area contributed by atoms with Crippen LogP contribution < -0.4 is 16.4 Å². The van der Waals surface area contributed by atoms with Gasteiger partial charge in [0.05, 0.1) is 12.6 Å². The van der Waals surface area contributed by atoms with Crippen molar-refractivity contribution >= 4 is 23.1 Å². The van der Waals surface area contributed by atoms with Gasteiger partial charge in [0.25, 0.3) is 0 Å². The van der Waals surface area contributed by atoms with Gasteiger partial charge in [0.2, 0.25) is 5.91 Å². The van der Waals surface area contributed by atoms with E-state index in [0.29, 0.717) is 6.54 Å². The second-order valence-corrected chi connectivity index (χ2v) is 5.08. The number of nitrogens with two attached hydrogens (primary N) is 1. The summed E-state index contributed by atoms with van der Waals surface area (Å²) in [5.41, 5.74) is 6.10. The predicted octanol–water partition coefficient (Wildman–Crippen LogP) is 0.400. The van der Waals surface area contributed by atoms with Crippen LogP contribution in [-0.2, 0) is 11.3 Å². The maximum Gasteiger partial charge on any atom is 0.237 e. The zero-order valence-corrected chi connectivity index (χ0v) is 10.3. The van der Waals surface area contributed by atoms with Gasteiger partial charge in [-0.1, -0.05) is 0 Å². The van der Waals surface area contributed by atoms with E-state index in [4.69, 9.17) is 11.1 Å². The largest absolute Gasteiger partial charge is 0.384 e.